The number of piperidine rings is 1. The van der Waals surface area contributed by atoms with E-state index >= 15 is 0 Å². The molecule has 9 nitrogen and oxygen atoms in total. The summed E-state index contributed by atoms with van der Waals surface area (Å²) >= 11 is 6.60. The first kappa shape index (κ1) is 29.3. The van der Waals surface area contributed by atoms with Crippen LogP contribution in [0.15, 0.2) is 76.4 Å². The highest BCUT2D eigenvalue weighted by atomic mass is 35.5. The van der Waals surface area contributed by atoms with E-state index < -0.39 is 5.60 Å². The maximum atomic E-state index is 13.5. The second-order valence-corrected chi connectivity index (χ2v) is 11.9. The summed E-state index contributed by atoms with van der Waals surface area (Å²) in [6.07, 6.45) is 5.36. The van der Waals surface area contributed by atoms with E-state index in [0.717, 1.165) is 47.7 Å². The molecule has 4 heterocycles. The lowest BCUT2D eigenvalue weighted by Crippen LogP contribution is -2.47. The summed E-state index contributed by atoms with van der Waals surface area (Å²) in [7, 11) is 1.83. The Labute approximate surface area is 255 Å². The maximum absolute atomic E-state index is 13.5. The molecule has 0 atom stereocenters. The van der Waals surface area contributed by atoms with Crippen LogP contribution in [0.1, 0.15) is 37.3 Å². The molecule has 224 valence electrons. The molecule has 0 radical (unpaired) electrons. The number of likely N-dealkylation sites (tertiary alicyclic amines) is 1. The molecule has 2 N–H and O–H groups in total. The van der Waals surface area contributed by atoms with E-state index in [1.54, 1.807) is 17.3 Å². The number of halogens is 1. The lowest BCUT2D eigenvalue weighted by atomic mass is 9.91. The highest BCUT2D eigenvalue weighted by Gasteiger charge is 2.33. The average Bonchev–Trinajstić information content (AvgIpc) is 3.66. The zero-order valence-electron chi connectivity index (χ0n) is 24.6. The first-order chi connectivity index (χ1) is 20.8. The number of aryl methyl sites for hydroxylation is 1. The zero-order chi connectivity index (χ0) is 30.0. The third kappa shape index (κ3) is 6.31. The van der Waals surface area contributed by atoms with Gasteiger partial charge in [-0.25, -0.2) is 4.98 Å². The van der Waals surface area contributed by atoms with Crippen LogP contribution in [0.2, 0.25) is 5.02 Å². The Kier molecular flexibility index (Phi) is 8.50. The van der Waals surface area contributed by atoms with Crippen molar-refractivity contribution in [1.82, 2.24) is 29.5 Å². The van der Waals surface area contributed by atoms with Gasteiger partial charge in [-0.05, 0) is 55.1 Å². The largest absolute Gasteiger partial charge is 0.464 e. The van der Waals surface area contributed by atoms with Crippen LogP contribution in [0.3, 0.4) is 0 Å². The fourth-order valence-corrected chi connectivity index (χ4v) is 6.08. The number of furan rings is 1. The van der Waals surface area contributed by atoms with Crippen molar-refractivity contribution >= 4 is 22.6 Å². The number of hydrogen-bond acceptors (Lipinski definition) is 7. The van der Waals surface area contributed by atoms with E-state index in [2.05, 4.69) is 39.4 Å². The van der Waals surface area contributed by atoms with Gasteiger partial charge in [0.05, 0.1) is 30.4 Å². The summed E-state index contributed by atoms with van der Waals surface area (Å²) in [6, 6.07) is 18.0. The predicted octanol–water partition coefficient (Wildman–Crippen LogP) is 5.24. The molecule has 43 heavy (non-hydrogen) atoms. The summed E-state index contributed by atoms with van der Waals surface area (Å²) in [5.74, 6) is 0.783. The predicted molar refractivity (Wildman–Crippen MR) is 169 cm³/mol. The maximum Gasteiger partial charge on any atom is 0.281 e. The summed E-state index contributed by atoms with van der Waals surface area (Å²) in [5.41, 5.74) is 4.54. The van der Waals surface area contributed by atoms with Crippen LogP contribution in [-0.2, 0) is 26.7 Å². The average molecular weight is 601 g/mol. The molecular formula is C33H37ClN6O3. The van der Waals surface area contributed by atoms with E-state index in [4.69, 9.17) is 16.0 Å². The molecule has 0 spiro atoms. The fraction of sp³-hybridized carbons (Fsp3) is 0.364. The molecule has 5 aromatic rings. The third-order valence-electron chi connectivity index (χ3n) is 8.30. The van der Waals surface area contributed by atoms with Gasteiger partial charge in [0.15, 0.2) is 5.52 Å². The Balaban J connectivity index is 1.12. The van der Waals surface area contributed by atoms with Crippen molar-refractivity contribution in [1.29, 1.82) is 0 Å². The second kappa shape index (κ2) is 12.5. The summed E-state index contributed by atoms with van der Waals surface area (Å²) in [5, 5.41) is 20.1. The number of fused-ring (bicyclic) bond motifs is 1. The van der Waals surface area contributed by atoms with E-state index in [1.807, 2.05) is 49.5 Å². The van der Waals surface area contributed by atoms with Gasteiger partial charge in [0.1, 0.15) is 11.3 Å². The first-order valence-electron chi connectivity index (χ1n) is 14.8. The smallest absolute Gasteiger partial charge is 0.281 e. The van der Waals surface area contributed by atoms with Crippen molar-refractivity contribution in [2.75, 3.05) is 19.6 Å². The van der Waals surface area contributed by atoms with Crippen molar-refractivity contribution in [3.63, 3.8) is 0 Å². The number of hydrogen-bond donors (Lipinski definition) is 2. The normalized spacial score (nSPS) is 15.3. The van der Waals surface area contributed by atoms with Gasteiger partial charge < -0.3 is 14.8 Å². The van der Waals surface area contributed by atoms with Crippen LogP contribution in [0.4, 0.5) is 0 Å². The molecular weight excluding hydrogens is 564 g/mol. The van der Waals surface area contributed by atoms with Crippen molar-refractivity contribution in [2.24, 2.45) is 7.05 Å². The first-order valence-corrected chi connectivity index (χ1v) is 15.2. The number of benzene rings is 2. The van der Waals surface area contributed by atoms with Gasteiger partial charge >= 0.3 is 0 Å². The molecule has 6 rings (SSSR count). The Hall–Kier alpha value is -3.76. The Morgan fingerprint density at radius 2 is 1.84 bits per heavy atom. The van der Waals surface area contributed by atoms with E-state index in [0.29, 0.717) is 48.5 Å². The van der Waals surface area contributed by atoms with Gasteiger partial charge in [-0.2, -0.15) is 5.10 Å². The number of aliphatic hydroxyl groups is 1. The molecule has 1 aliphatic heterocycles. The summed E-state index contributed by atoms with van der Waals surface area (Å²) in [6.45, 7) is 6.19. The number of nitrogens with one attached hydrogen (secondary N) is 1. The quantitative estimate of drug-likeness (QED) is 0.212. The Morgan fingerprint density at radius 1 is 1.07 bits per heavy atom. The van der Waals surface area contributed by atoms with Crippen LogP contribution in [0.25, 0.3) is 33.6 Å². The molecule has 0 unspecified atom stereocenters. The van der Waals surface area contributed by atoms with Crippen LogP contribution in [0, 0.1) is 0 Å². The number of aromatic nitrogens is 4. The molecule has 0 amide bonds. The highest BCUT2D eigenvalue weighted by molar-refractivity contribution is 6.31. The van der Waals surface area contributed by atoms with E-state index in [9.17, 15) is 9.90 Å². The lowest BCUT2D eigenvalue weighted by molar-refractivity contribution is -0.0364. The van der Waals surface area contributed by atoms with Crippen molar-refractivity contribution in [3.8, 4) is 22.6 Å². The SMILES string of the molecule is CCCNCc1ccc(-c2c3ncn(CC4(O)CCN(Cc5ccc(-c6ccco6)cc5Cl)CC4)c(=O)c3nn2C)cc1. The Bertz CT molecular complexity index is 1750. The molecule has 1 fully saturated rings. The van der Waals surface area contributed by atoms with Crippen LogP contribution in [0.5, 0.6) is 0 Å². The van der Waals surface area contributed by atoms with Gasteiger partial charge in [-0.1, -0.05) is 54.9 Å². The van der Waals surface area contributed by atoms with E-state index in [-0.39, 0.29) is 12.1 Å². The summed E-state index contributed by atoms with van der Waals surface area (Å²) in [4.78, 5) is 20.4. The lowest BCUT2D eigenvalue weighted by Gasteiger charge is -2.38. The van der Waals surface area contributed by atoms with Gasteiger partial charge in [0.25, 0.3) is 5.56 Å². The molecule has 0 saturated carbocycles. The standard InChI is InChI=1S/C33H37ClN6O3/c1-3-14-35-19-23-6-8-24(9-7-23)31-29-30(37-38(31)2)32(41)40(22-36-29)21-33(42)12-15-39(16-13-33)20-26-11-10-25(18-27(26)34)28-5-4-17-43-28/h4-11,17-18,22,35,42H,3,12-16,19-21H2,1-2H3. The van der Waals surface area contributed by atoms with Crippen molar-refractivity contribution < 1.29 is 9.52 Å². The van der Waals surface area contributed by atoms with Gasteiger partial charge in [-0.3, -0.25) is 18.9 Å². The minimum atomic E-state index is -1.01. The van der Waals surface area contributed by atoms with Crippen molar-refractivity contribution in [3.05, 3.63) is 93.7 Å². The second-order valence-electron chi connectivity index (χ2n) is 11.5. The number of nitrogens with zero attached hydrogens (tertiary/aromatic N) is 5. The van der Waals surface area contributed by atoms with Gasteiger partial charge in [-0.15, -0.1) is 0 Å². The summed E-state index contributed by atoms with van der Waals surface area (Å²) < 4.78 is 8.70. The molecule has 1 aliphatic rings. The molecule has 0 aliphatic carbocycles. The molecule has 10 heteroatoms. The Morgan fingerprint density at radius 3 is 2.53 bits per heavy atom. The highest BCUT2D eigenvalue weighted by Crippen LogP contribution is 2.30. The van der Waals surface area contributed by atoms with Crippen molar-refractivity contribution in [2.45, 2.75) is 51.4 Å². The zero-order valence-corrected chi connectivity index (χ0v) is 25.3. The van der Waals surface area contributed by atoms with Crippen LogP contribution >= 0.6 is 11.6 Å². The topological polar surface area (TPSA) is 101 Å². The van der Waals surface area contributed by atoms with Gasteiger partial charge in [0, 0.05) is 49.4 Å². The molecule has 1 saturated heterocycles. The van der Waals surface area contributed by atoms with Gasteiger partial charge in [0.2, 0.25) is 0 Å². The minimum absolute atomic E-state index is 0.173. The minimum Gasteiger partial charge on any atom is -0.464 e. The monoisotopic (exact) mass is 600 g/mol. The molecule has 2 aromatic carbocycles. The molecule has 3 aromatic heterocycles. The molecule has 0 bridgehead atoms. The van der Waals surface area contributed by atoms with E-state index in [1.165, 1.54) is 10.1 Å². The fourth-order valence-electron chi connectivity index (χ4n) is 5.84. The third-order valence-corrected chi connectivity index (χ3v) is 8.65. The van der Waals surface area contributed by atoms with Crippen LogP contribution < -0.4 is 10.9 Å². The number of rotatable bonds is 10. The van der Waals surface area contributed by atoms with Crippen LogP contribution in [-0.4, -0.2) is 54.6 Å².